The first-order chi connectivity index (χ1) is 13.9. The number of nitrogens with one attached hydrogen (secondary N) is 1. The lowest BCUT2D eigenvalue weighted by molar-refractivity contribution is -0.119. The monoisotopic (exact) mass is 398 g/mol. The third-order valence-electron chi connectivity index (χ3n) is 4.61. The van der Waals surface area contributed by atoms with Gasteiger partial charge in [-0.3, -0.25) is 4.79 Å². The molecule has 3 heterocycles. The van der Waals surface area contributed by atoms with Crippen molar-refractivity contribution in [2.45, 2.75) is 12.2 Å². The second-order valence-electron chi connectivity index (χ2n) is 6.35. The van der Waals surface area contributed by atoms with E-state index < -0.39 is 35.7 Å². The van der Waals surface area contributed by atoms with Crippen molar-refractivity contribution >= 4 is 23.4 Å². The van der Waals surface area contributed by atoms with Crippen LogP contribution in [-0.2, 0) is 4.79 Å². The van der Waals surface area contributed by atoms with Gasteiger partial charge in [-0.05, 0) is 35.9 Å². The Hall–Kier alpha value is -4.08. The molecule has 5 N–H and O–H groups in total. The number of carbonyl (C=O) groups excluding carboxylic acids is 1. The molecule has 0 saturated heterocycles. The number of anilines is 2. The summed E-state index contributed by atoms with van der Waals surface area (Å²) in [6, 6.07) is 6.66. The first-order valence-corrected chi connectivity index (χ1v) is 8.46. The Morgan fingerprint density at radius 1 is 1.31 bits per heavy atom. The van der Waals surface area contributed by atoms with Crippen molar-refractivity contribution in [3.8, 4) is 5.75 Å². The Bertz CT molecular complexity index is 1100. The number of pyridine rings is 1. The predicted molar refractivity (Wildman–Crippen MR) is 98.7 cm³/mol. The largest absolute Gasteiger partial charge is 0.505 e. The number of furan rings is 1. The summed E-state index contributed by atoms with van der Waals surface area (Å²) in [6.07, 6.45) is 1.92. The molecule has 1 amide bonds. The highest BCUT2D eigenvalue weighted by Crippen LogP contribution is 2.47. The summed E-state index contributed by atoms with van der Waals surface area (Å²) in [5, 5.41) is 22.4. The minimum absolute atomic E-state index is 0.117. The molecule has 2 atom stereocenters. The number of rotatable bonds is 5. The van der Waals surface area contributed by atoms with Crippen molar-refractivity contribution in [1.29, 1.82) is 0 Å². The zero-order valence-electron chi connectivity index (χ0n) is 14.7. The number of hydrogen-bond donors (Lipinski definition) is 4. The van der Waals surface area contributed by atoms with Gasteiger partial charge >= 0.3 is 5.97 Å². The fourth-order valence-electron chi connectivity index (χ4n) is 3.42. The lowest BCUT2D eigenvalue weighted by Crippen LogP contribution is -2.40. The molecule has 4 rings (SSSR count). The maximum Gasteiger partial charge on any atom is 0.338 e. The zero-order chi connectivity index (χ0) is 20.7. The highest BCUT2D eigenvalue weighted by atomic mass is 19.1. The minimum atomic E-state index is -1.26. The number of carboxylic acid groups (broad SMARTS) is 1. The highest BCUT2D eigenvalue weighted by molar-refractivity contribution is 6.00. The number of benzene rings is 1. The number of hydrogen-bond acceptors (Lipinski definition) is 7. The van der Waals surface area contributed by atoms with Gasteiger partial charge < -0.3 is 30.6 Å². The number of nitrogens with zero attached hydrogens (tertiary/aromatic N) is 2. The predicted octanol–water partition coefficient (Wildman–Crippen LogP) is 2.37. The number of phenols is 1. The Labute approximate surface area is 163 Å². The number of phenolic OH excluding ortho intramolecular Hbond substituents is 1. The number of aromatic nitrogens is 1. The van der Waals surface area contributed by atoms with Crippen LogP contribution in [0, 0.1) is 5.82 Å². The molecule has 2 aromatic heterocycles. The average Bonchev–Trinajstić information content (AvgIpc) is 3.32. The number of amides is 1. The van der Waals surface area contributed by atoms with Crippen LogP contribution in [0.1, 0.15) is 33.9 Å². The van der Waals surface area contributed by atoms with Gasteiger partial charge in [-0.1, -0.05) is 6.07 Å². The van der Waals surface area contributed by atoms with E-state index in [0.717, 1.165) is 12.1 Å². The SMILES string of the molecule is NC(=O)C(c1ccc(F)c(O)c1)N1c2c(C(=O)O)ccnc2NC1c1ccco1. The van der Waals surface area contributed by atoms with E-state index in [2.05, 4.69) is 10.3 Å². The van der Waals surface area contributed by atoms with Crippen molar-refractivity contribution in [1.82, 2.24) is 4.98 Å². The van der Waals surface area contributed by atoms with Gasteiger partial charge in [-0.2, -0.15) is 0 Å². The van der Waals surface area contributed by atoms with E-state index in [0.29, 0.717) is 5.76 Å². The number of halogens is 1. The summed E-state index contributed by atoms with van der Waals surface area (Å²) in [4.78, 5) is 29.8. The first kappa shape index (κ1) is 18.3. The zero-order valence-corrected chi connectivity index (χ0v) is 14.7. The van der Waals surface area contributed by atoms with E-state index in [1.54, 1.807) is 12.1 Å². The van der Waals surface area contributed by atoms with Gasteiger partial charge in [0, 0.05) is 6.20 Å². The molecule has 1 aliphatic rings. The molecule has 1 aromatic carbocycles. The fourth-order valence-corrected chi connectivity index (χ4v) is 3.42. The number of carboxylic acids is 1. The molecule has 0 aliphatic carbocycles. The van der Waals surface area contributed by atoms with Gasteiger partial charge in [0.25, 0.3) is 0 Å². The molecule has 2 unspecified atom stereocenters. The first-order valence-electron chi connectivity index (χ1n) is 8.46. The summed E-state index contributed by atoms with van der Waals surface area (Å²) in [5.41, 5.74) is 5.83. The summed E-state index contributed by atoms with van der Waals surface area (Å²) >= 11 is 0. The van der Waals surface area contributed by atoms with Crippen molar-refractivity contribution in [2.75, 3.05) is 10.2 Å². The summed E-state index contributed by atoms with van der Waals surface area (Å²) in [5.74, 6) is -3.03. The Morgan fingerprint density at radius 2 is 2.10 bits per heavy atom. The van der Waals surface area contributed by atoms with Crippen molar-refractivity contribution in [3.63, 3.8) is 0 Å². The van der Waals surface area contributed by atoms with E-state index in [-0.39, 0.29) is 22.6 Å². The molecular weight excluding hydrogens is 383 g/mol. The lowest BCUT2D eigenvalue weighted by atomic mass is 10.0. The van der Waals surface area contributed by atoms with Gasteiger partial charge in [0.05, 0.1) is 17.5 Å². The lowest BCUT2D eigenvalue weighted by Gasteiger charge is -2.32. The molecule has 29 heavy (non-hydrogen) atoms. The van der Waals surface area contributed by atoms with Gasteiger partial charge in [0.2, 0.25) is 5.91 Å². The van der Waals surface area contributed by atoms with Crippen LogP contribution in [0.3, 0.4) is 0 Å². The van der Waals surface area contributed by atoms with Gasteiger partial charge in [0.15, 0.2) is 23.6 Å². The number of primary amides is 1. The molecule has 10 heteroatoms. The van der Waals surface area contributed by atoms with Crippen molar-refractivity contribution in [2.24, 2.45) is 5.73 Å². The molecule has 0 saturated carbocycles. The van der Waals surface area contributed by atoms with Crippen LogP contribution in [0.2, 0.25) is 0 Å². The van der Waals surface area contributed by atoms with Crippen LogP contribution < -0.4 is 16.0 Å². The van der Waals surface area contributed by atoms with Crippen LogP contribution in [0.25, 0.3) is 0 Å². The van der Waals surface area contributed by atoms with Crippen molar-refractivity contribution < 1.29 is 28.6 Å². The van der Waals surface area contributed by atoms with E-state index in [1.165, 1.54) is 29.5 Å². The fraction of sp³-hybridized carbons (Fsp3) is 0.105. The number of nitrogens with two attached hydrogens (primary N) is 1. The third kappa shape index (κ3) is 3.00. The van der Waals surface area contributed by atoms with Gasteiger partial charge in [-0.15, -0.1) is 0 Å². The third-order valence-corrected chi connectivity index (χ3v) is 4.61. The summed E-state index contributed by atoms with van der Waals surface area (Å²) < 4.78 is 19.0. The Kier molecular flexibility index (Phi) is 4.30. The number of carbonyl (C=O) groups is 2. The second kappa shape index (κ2) is 6.82. The molecule has 0 bridgehead atoms. The van der Waals surface area contributed by atoms with Crippen LogP contribution in [-0.4, -0.2) is 27.1 Å². The molecule has 1 aliphatic heterocycles. The Balaban J connectivity index is 1.94. The normalized spacial score (nSPS) is 16.2. The molecule has 3 aromatic rings. The molecule has 0 radical (unpaired) electrons. The topological polar surface area (TPSA) is 142 Å². The van der Waals surface area contributed by atoms with E-state index in [9.17, 15) is 24.2 Å². The Morgan fingerprint density at radius 3 is 2.72 bits per heavy atom. The molecule has 0 spiro atoms. The maximum atomic E-state index is 13.6. The standard InChI is InChI=1S/C19H15FN4O5/c20-11-4-3-9(8-12(11)25)14(16(21)26)24-15-10(19(27)28)5-6-22-17(15)23-18(24)13-2-1-7-29-13/h1-8,14,18,25H,(H2,21,26)(H,22,23)(H,27,28). The van der Waals surface area contributed by atoms with Gasteiger partial charge in [-0.25, -0.2) is 14.2 Å². The minimum Gasteiger partial charge on any atom is -0.505 e. The summed E-state index contributed by atoms with van der Waals surface area (Å²) in [6.45, 7) is 0. The smallest absolute Gasteiger partial charge is 0.338 e. The van der Waals surface area contributed by atoms with E-state index >= 15 is 0 Å². The molecule has 9 nitrogen and oxygen atoms in total. The second-order valence-corrected chi connectivity index (χ2v) is 6.35. The van der Waals surface area contributed by atoms with Crippen LogP contribution in [0.15, 0.2) is 53.3 Å². The van der Waals surface area contributed by atoms with E-state index in [4.69, 9.17) is 10.2 Å². The number of aromatic carboxylic acids is 1. The van der Waals surface area contributed by atoms with E-state index in [1.807, 2.05) is 0 Å². The van der Waals surface area contributed by atoms with Gasteiger partial charge in [0.1, 0.15) is 11.8 Å². The maximum absolute atomic E-state index is 13.6. The summed E-state index contributed by atoms with van der Waals surface area (Å²) in [7, 11) is 0. The highest BCUT2D eigenvalue weighted by Gasteiger charge is 2.43. The van der Waals surface area contributed by atoms with Crippen LogP contribution in [0.5, 0.6) is 5.75 Å². The molecule has 148 valence electrons. The van der Waals surface area contributed by atoms with Crippen LogP contribution in [0.4, 0.5) is 15.9 Å². The average molecular weight is 398 g/mol. The quantitative estimate of drug-likeness (QED) is 0.513. The number of aromatic hydroxyl groups is 1. The molecular formula is C19H15FN4O5. The van der Waals surface area contributed by atoms with Crippen LogP contribution >= 0.6 is 0 Å². The number of fused-ring (bicyclic) bond motifs is 1. The van der Waals surface area contributed by atoms with Crippen molar-refractivity contribution in [3.05, 3.63) is 71.6 Å². The molecule has 0 fully saturated rings.